The third-order valence-corrected chi connectivity index (χ3v) is 10.6. The summed E-state index contributed by atoms with van der Waals surface area (Å²) >= 11 is 0. The molecule has 4 heteroatoms. The summed E-state index contributed by atoms with van der Waals surface area (Å²) in [6.07, 6.45) is 1.97. The maximum atomic E-state index is 4.80. The second-order valence-corrected chi connectivity index (χ2v) is 14.1. The summed E-state index contributed by atoms with van der Waals surface area (Å²) in [5.41, 5.74) is 14.3. The molecule has 2 aromatic heterocycles. The van der Waals surface area contributed by atoms with Crippen molar-refractivity contribution in [3.05, 3.63) is 231 Å². The van der Waals surface area contributed by atoms with Crippen LogP contribution in [0.2, 0.25) is 0 Å². The van der Waals surface area contributed by atoms with Gasteiger partial charge in [-0.05, 0) is 109 Å². The lowest BCUT2D eigenvalue weighted by Gasteiger charge is -2.26. The number of hydrogen-bond acceptors (Lipinski definition) is 3. The predicted molar refractivity (Wildman–Crippen MR) is 239 cm³/mol. The van der Waals surface area contributed by atoms with Crippen molar-refractivity contribution in [3.8, 4) is 28.1 Å². The minimum Gasteiger partial charge on any atom is -0.310 e. The molecule has 0 aliphatic heterocycles. The van der Waals surface area contributed by atoms with Gasteiger partial charge in [-0.15, -0.1) is 0 Å². The van der Waals surface area contributed by atoms with Crippen molar-refractivity contribution in [2.45, 2.75) is 0 Å². The van der Waals surface area contributed by atoms with Crippen molar-refractivity contribution in [2.24, 2.45) is 0 Å². The SMILES string of the molecule is c1ccc(-c2ccc(-c3ccc(-n4c5ccc(N(c6ccccc6)c6ccccc6)cc5c5cc(N(c6ccccc6)c6ccccc6)ccc54)cc3)cn2)cc1. The molecular formula is C53H38N4. The van der Waals surface area contributed by atoms with Gasteiger partial charge in [0.15, 0.2) is 0 Å². The van der Waals surface area contributed by atoms with E-state index in [-0.39, 0.29) is 0 Å². The first-order chi connectivity index (χ1) is 28.3. The topological polar surface area (TPSA) is 24.3 Å². The minimum absolute atomic E-state index is 0.969. The van der Waals surface area contributed by atoms with Crippen molar-refractivity contribution in [1.82, 2.24) is 9.55 Å². The molecule has 0 saturated heterocycles. The zero-order valence-electron chi connectivity index (χ0n) is 31.2. The van der Waals surface area contributed by atoms with Gasteiger partial charge < -0.3 is 14.4 Å². The van der Waals surface area contributed by atoms with Crippen LogP contribution in [0.1, 0.15) is 0 Å². The molecule has 0 saturated carbocycles. The van der Waals surface area contributed by atoms with Gasteiger partial charge in [0.05, 0.1) is 16.7 Å². The number of benzene rings is 8. The Bertz CT molecular complexity index is 2690. The number of rotatable bonds is 9. The lowest BCUT2D eigenvalue weighted by Crippen LogP contribution is -2.09. The van der Waals surface area contributed by atoms with Gasteiger partial charge in [0, 0.05) is 67.9 Å². The van der Waals surface area contributed by atoms with Crippen LogP contribution in [0.5, 0.6) is 0 Å². The molecule has 2 heterocycles. The number of aromatic nitrogens is 2. The summed E-state index contributed by atoms with van der Waals surface area (Å²) in [6, 6.07) is 79.6. The summed E-state index contributed by atoms with van der Waals surface area (Å²) in [7, 11) is 0. The van der Waals surface area contributed by atoms with Crippen LogP contribution in [0.25, 0.3) is 49.9 Å². The first-order valence-corrected chi connectivity index (χ1v) is 19.3. The Morgan fingerprint density at radius 1 is 0.316 bits per heavy atom. The largest absolute Gasteiger partial charge is 0.310 e. The Morgan fingerprint density at radius 2 is 0.719 bits per heavy atom. The maximum Gasteiger partial charge on any atom is 0.0702 e. The smallest absolute Gasteiger partial charge is 0.0702 e. The van der Waals surface area contributed by atoms with Crippen LogP contribution in [-0.2, 0) is 0 Å². The van der Waals surface area contributed by atoms with Crippen LogP contribution in [0.4, 0.5) is 34.1 Å². The standard InChI is InChI=1S/C53H38N4/c1-6-16-40(17-7-1)51-33-28-41(38-54-51)39-26-29-46(30-27-39)57-52-34-31-47(55(42-18-8-2-9-19-42)43-20-10-3-11-21-43)36-49(52)50-37-48(32-35-53(50)57)56(44-22-12-4-13-23-44)45-24-14-5-15-25-45/h1-38H. The number of pyridine rings is 1. The lowest BCUT2D eigenvalue weighted by atomic mass is 10.1. The van der Waals surface area contributed by atoms with E-state index in [1.54, 1.807) is 0 Å². The molecule has 0 amide bonds. The second kappa shape index (κ2) is 14.9. The van der Waals surface area contributed by atoms with Crippen molar-refractivity contribution in [3.63, 3.8) is 0 Å². The highest BCUT2D eigenvalue weighted by molar-refractivity contribution is 6.12. The summed E-state index contributed by atoms with van der Waals surface area (Å²) in [4.78, 5) is 9.46. The molecule has 0 fully saturated rings. The van der Waals surface area contributed by atoms with Crippen LogP contribution in [0, 0.1) is 0 Å². The molecule has 0 radical (unpaired) electrons. The first kappa shape index (κ1) is 33.8. The molecule has 10 aromatic rings. The first-order valence-electron chi connectivity index (χ1n) is 19.3. The van der Waals surface area contributed by atoms with E-state index in [0.717, 1.165) is 73.2 Å². The molecule has 0 atom stereocenters. The van der Waals surface area contributed by atoms with Crippen molar-refractivity contribution < 1.29 is 0 Å². The number of para-hydroxylation sites is 4. The van der Waals surface area contributed by atoms with Gasteiger partial charge in [-0.2, -0.15) is 0 Å². The number of anilines is 6. The van der Waals surface area contributed by atoms with Crippen molar-refractivity contribution in [1.29, 1.82) is 0 Å². The molecule has 0 aliphatic rings. The zero-order chi connectivity index (χ0) is 38.0. The van der Waals surface area contributed by atoms with Crippen LogP contribution in [0.15, 0.2) is 231 Å². The molecule has 0 aliphatic carbocycles. The highest BCUT2D eigenvalue weighted by Gasteiger charge is 2.20. The van der Waals surface area contributed by atoms with Gasteiger partial charge >= 0.3 is 0 Å². The molecular weight excluding hydrogens is 693 g/mol. The van der Waals surface area contributed by atoms with Gasteiger partial charge in [-0.3, -0.25) is 4.98 Å². The molecule has 57 heavy (non-hydrogen) atoms. The number of hydrogen-bond donors (Lipinski definition) is 0. The average Bonchev–Trinajstić information content (AvgIpc) is 3.61. The van der Waals surface area contributed by atoms with E-state index >= 15 is 0 Å². The third-order valence-electron chi connectivity index (χ3n) is 10.6. The number of fused-ring (bicyclic) bond motifs is 3. The number of nitrogens with zero attached hydrogens (tertiary/aromatic N) is 4. The van der Waals surface area contributed by atoms with Gasteiger partial charge in [0.1, 0.15) is 0 Å². The van der Waals surface area contributed by atoms with Gasteiger partial charge in [0.25, 0.3) is 0 Å². The fraction of sp³-hybridized carbons (Fsp3) is 0. The van der Waals surface area contributed by atoms with Crippen LogP contribution in [-0.4, -0.2) is 9.55 Å². The second-order valence-electron chi connectivity index (χ2n) is 14.1. The summed E-state index contributed by atoms with van der Waals surface area (Å²) in [5, 5.41) is 2.35. The van der Waals surface area contributed by atoms with Crippen molar-refractivity contribution in [2.75, 3.05) is 9.80 Å². The fourth-order valence-electron chi connectivity index (χ4n) is 7.91. The van der Waals surface area contributed by atoms with Gasteiger partial charge in [-0.25, -0.2) is 0 Å². The Balaban J connectivity index is 1.14. The molecule has 0 unspecified atom stereocenters. The van der Waals surface area contributed by atoms with E-state index in [1.807, 2.05) is 24.4 Å². The van der Waals surface area contributed by atoms with E-state index < -0.39 is 0 Å². The van der Waals surface area contributed by atoms with E-state index in [0.29, 0.717) is 0 Å². The van der Waals surface area contributed by atoms with E-state index in [1.165, 1.54) is 10.8 Å². The molecule has 4 nitrogen and oxygen atoms in total. The molecule has 10 rings (SSSR count). The predicted octanol–water partition coefficient (Wildman–Crippen LogP) is 14.5. The van der Waals surface area contributed by atoms with Crippen LogP contribution < -0.4 is 9.80 Å². The molecule has 0 bridgehead atoms. The lowest BCUT2D eigenvalue weighted by molar-refractivity contribution is 1.18. The van der Waals surface area contributed by atoms with E-state index in [4.69, 9.17) is 4.98 Å². The Hall–Kier alpha value is -7.69. The average molecular weight is 731 g/mol. The van der Waals surface area contributed by atoms with Crippen LogP contribution >= 0.6 is 0 Å². The third kappa shape index (κ3) is 6.49. The Labute approximate surface area is 332 Å². The quantitative estimate of drug-likeness (QED) is 0.148. The molecule has 0 spiro atoms. The van der Waals surface area contributed by atoms with Gasteiger partial charge in [-0.1, -0.05) is 121 Å². The van der Waals surface area contributed by atoms with Gasteiger partial charge in [0.2, 0.25) is 0 Å². The van der Waals surface area contributed by atoms with E-state index in [2.05, 4.69) is 221 Å². The summed E-state index contributed by atoms with van der Waals surface area (Å²) in [6.45, 7) is 0. The van der Waals surface area contributed by atoms with Crippen LogP contribution in [0.3, 0.4) is 0 Å². The summed E-state index contributed by atoms with van der Waals surface area (Å²) < 4.78 is 2.39. The minimum atomic E-state index is 0.969. The molecule has 270 valence electrons. The zero-order valence-corrected chi connectivity index (χ0v) is 31.2. The summed E-state index contributed by atoms with van der Waals surface area (Å²) in [5.74, 6) is 0. The monoisotopic (exact) mass is 730 g/mol. The molecule has 0 N–H and O–H groups in total. The van der Waals surface area contributed by atoms with Crippen molar-refractivity contribution >= 4 is 55.9 Å². The normalized spacial score (nSPS) is 11.2. The Morgan fingerprint density at radius 3 is 1.12 bits per heavy atom. The molecule has 8 aromatic carbocycles. The fourth-order valence-corrected chi connectivity index (χ4v) is 7.91. The van der Waals surface area contributed by atoms with E-state index in [9.17, 15) is 0 Å². The highest BCUT2D eigenvalue weighted by atomic mass is 15.1. The Kier molecular flexibility index (Phi) is 8.82. The highest BCUT2D eigenvalue weighted by Crippen LogP contribution is 2.42. The maximum absolute atomic E-state index is 4.80.